The molecule has 68 heavy (non-hydrogen) atoms. The number of rotatable bonds is 55. The molecule has 0 radical (unpaired) electrons. The molecule has 0 spiro atoms. The van der Waals surface area contributed by atoms with Gasteiger partial charge in [0.1, 0.15) is 0 Å². The van der Waals surface area contributed by atoms with E-state index < -0.39 is 12.1 Å². The van der Waals surface area contributed by atoms with Crippen LogP contribution in [0.25, 0.3) is 0 Å². The number of esters is 1. The SMILES string of the molecule is CCCC/C=C\C/C=C\CCCCCCCC(=O)OCCCCCCCCCCCCCC/C=C\CCCCCCCCCCCCC(=O)NC(CO)C(O)/C=C/CCCCCCCCCCC. The highest BCUT2D eigenvalue weighted by Gasteiger charge is 2.18. The van der Waals surface area contributed by atoms with Crippen LogP contribution in [-0.2, 0) is 14.3 Å². The first-order chi connectivity index (χ1) is 33.5. The van der Waals surface area contributed by atoms with Gasteiger partial charge in [0.15, 0.2) is 0 Å². The smallest absolute Gasteiger partial charge is 0.305 e. The largest absolute Gasteiger partial charge is 0.466 e. The van der Waals surface area contributed by atoms with Gasteiger partial charge in [-0.1, -0.05) is 262 Å². The van der Waals surface area contributed by atoms with Crippen molar-refractivity contribution in [2.24, 2.45) is 0 Å². The van der Waals surface area contributed by atoms with Crippen molar-refractivity contribution in [1.29, 1.82) is 0 Å². The summed E-state index contributed by atoms with van der Waals surface area (Å²) in [7, 11) is 0. The summed E-state index contributed by atoms with van der Waals surface area (Å²) >= 11 is 0. The molecule has 0 aromatic rings. The monoisotopic (exact) mass is 954 g/mol. The van der Waals surface area contributed by atoms with Crippen LogP contribution < -0.4 is 5.32 Å². The van der Waals surface area contributed by atoms with E-state index in [0.29, 0.717) is 19.4 Å². The minimum atomic E-state index is -0.844. The second-order valence-corrected chi connectivity index (χ2v) is 20.3. The Bertz CT molecular complexity index is 1150. The van der Waals surface area contributed by atoms with E-state index in [1.54, 1.807) is 6.08 Å². The summed E-state index contributed by atoms with van der Waals surface area (Å²) in [6.07, 6.45) is 72.9. The highest BCUT2D eigenvalue weighted by atomic mass is 16.5. The van der Waals surface area contributed by atoms with Crippen molar-refractivity contribution < 1.29 is 24.5 Å². The van der Waals surface area contributed by atoms with Gasteiger partial charge in [0.25, 0.3) is 0 Å². The van der Waals surface area contributed by atoms with Crippen LogP contribution in [-0.4, -0.2) is 47.4 Å². The molecule has 0 saturated carbocycles. The van der Waals surface area contributed by atoms with Gasteiger partial charge >= 0.3 is 5.97 Å². The van der Waals surface area contributed by atoms with Gasteiger partial charge in [0.2, 0.25) is 5.91 Å². The zero-order valence-corrected chi connectivity index (χ0v) is 45.3. The van der Waals surface area contributed by atoms with Crippen molar-refractivity contribution in [2.75, 3.05) is 13.2 Å². The van der Waals surface area contributed by atoms with Crippen molar-refractivity contribution in [3.8, 4) is 0 Å². The number of allylic oxidation sites excluding steroid dienone is 7. The van der Waals surface area contributed by atoms with Crippen LogP contribution in [0.3, 0.4) is 0 Å². The molecule has 0 aromatic heterocycles. The van der Waals surface area contributed by atoms with Crippen LogP contribution in [0, 0.1) is 0 Å². The quantitative estimate of drug-likeness (QED) is 0.0321. The fourth-order valence-corrected chi connectivity index (χ4v) is 8.94. The lowest BCUT2D eigenvalue weighted by atomic mass is 10.0. The van der Waals surface area contributed by atoms with Crippen LogP contribution in [0.5, 0.6) is 0 Å². The van der Waals surface area contributed by atoms with Crippen LogP contribution in [0.15, 0.2) is 48.6 Å². The lowest BCUT2D eigenvalue weighted by Crippen LogP contribution is -2.45. The van der Waals surface area contributed by atoms with E-state index >= 15 is 0 Å². The van der Waals surface area contributed by atoms with E-state index in [1.807, 2.05) is 6.08 Å². The predicted molar refractivity (Wildman–Crippen MR) is 296 cm³/mol. The summed E-state index contributed by atoms with van der Waals surface area (Å²) in [5.41, 5.74) is 0. The van der Waals surface area contributed by atoms with Crippen molar-refractivity contribution in [3.05, 3.63) is 48.6 Å². The molecule has 0 bridgehead atoms. The van der Waals surface area contributed by atoms with Crippen LogP contribution in [0.4, 0.5) is 0 Å². The number of carbonyl (C=O) groups is 2. The number of hydrogen-bond donors (Lipinski definition) is 3. The summed E-state index contributed by atoms with van der Waals surface area (Å²) in [6.45, 7) is 4.84. The second-order valence-electron chi connectivity index (χ2n) is 20.3. The summed E-state index contributed by atoms with van der Waals surface area (Å²) in [4.78, 5) is 24.4. The van der Waals surface area contributed by atoms with E-state index in [1.165, 1.54) is 231 Å². The first-order valence-electron chi connectivity index (χ1n) is 29.9. The van der Waals surface area contributed by atoms with Gasteiger partial charge in [0.05, 0.1) is 25.4 Å². The fraction of sp³-hybridized carbons (Fsp3) is 0.839. The molecule has 0 aliphatic carbocycles. The standard InChI is InChI=1S/C62H115NO5/c1-3-5-7-9-11-13-15-16-32-36-40-44-48-52-56-62(67)68-57-53-49-45-41-37-33-30-28-26-24-22-20-18-17-19-21-23-25-27-29-31-35-39-43-47-51-55-61(66)63-59(58-64)60(65)54-50-46-42-38-34-14-12-10-8-6-4-2/h9,11,15-17,19,50,54,59-60,64-65H,3-8,10,12-14,18,20-49,51-53,55-58H2,1-2H3,(H,63,66)/b11-9-,16-15-,19-17-,54-50+. The molecule has 0 heterocycles. The van der Waals surface area contributed by atoms with Gasteiger partial charge in [-0.05, 0) is 83.5 Å². The molecule has 398 valence electrons. The maximum Gasteiger partial charge on any atom is 0.305 e. The summed E-state index contributed by atoms with van der Waals surface area (Å²) in [5.74, 6) is -0.0728. The molecule has 0 saturated heterocycles. The van der Waals surface area contributed by atoms with E-state index in [9.17, 15) is 19.8 Å². The number of hydrogen-bond acceptors (Lipinski definition) is 5. The molecule has 0 aromatic carbocycles. The van der Waals surface area contributed by atoms with Crippen molar-refractivity contribution in [1.82, 2.24) is 5.32 Å². The molecule has 0 rings (SSSR count). The highest BCUT2D eigenvalue weighted by Crippen LogP contribution is 2.16. The Morgan fingerprint density at radius 2 is 0.750 bits per heavy atom. The number of nitrogens with one attached hydrogen (secondary N) is 1. The molecule has 2 atom stereocenters. The number of aliphatic hydroxyl groups excluding tert-OH is 2. The van der Waals surface area contributed by atoms with Gasteiger partial charge in [-0.15, -0.1) is 0 Å². The lowest BCUT2D eigenvalue weighted by Gasteiger charge is -2.20. The summed E-state index contributed by atoms with van der Waals surface area (Å²) < 4.78 is 5.47. The first-order valence-corrected chi connectivity index (χ1v) is 29.9. The second kappa shape index (κ2) is 57.4. The molecular weight excluding hydrogens is 839 g/mol. The van der Waals surface area contributed by atoms with Gasteiger partial charge in [-0.2, -0.15) is 0 Å². The first kappa shape index (κ1) is 65.8. The molecule has 0 fully saturated rings. The molecular formula is C62H115NO5. The average Bonchev–Trinajstić information content (AvgIpc) is 3.34. The number of amides is 1. The maximum absolute atomic E-state index is 12.4. The van der Waals surface area contributed by atoms with Gasteiger partial charge in [-0.3, -0.25) is 9.59 Å². The Balaban J connectivity index is 3.40. The fourth-order valence-electron chi connectivity index (χ4n) is 8.94. The molecule has 0 aliphatic heterocycles. The Morgan fingerprint density at radius 3 is 1.18 bits per heavy atom. The van der Waals surface area contributed by atoms with E-state index in [2.05, 4.69) is 55.6 Å². The topological polar surface area (TPSA) is 95.9 Å². The minimum absolute atomic E-state index is 0.00134. The Hall–Kier alpha value is -2.18. The summed E-state index contributed by atoms with van der Waals surface area (Å²) in [5, 5.41) is 23.0. The maximum atomic E-state index is 12.4. The highest BCUT2D eigenvalue weighted by molar-refractivity contribution is 5.76. The van der Waals surface area contributed by atoms with Crippen molar-refractivity contribution >= 4 is 11.9 Å². The van der Waals surface area contributed by atoms with E-state index in [4.69, 9.17) is 4.74 Å². The zero-order chi connectivity index (χ0) is 49.3. The van der Waals surface area contributed by atoms with Gasteiger partial charge in [0, 0.05) is 12.8 Å². The number of ether oxygens (including phenoxy) is 1. The Labute approximate surface area is 423 Å². The van der Waals surface area contributed by atoms with Gasteiger partial charge in [-0.25, -0.2) is 0 Å². The van der Waals surface area contributed by atoms with Gasteiger partial charge < -0.3 is 20.3 Å². The average molecular weight is 955 g/mol. The lowest BCUT2D eigenvalue weighted by molar-refractivity contribution is -0.143. The molecule has 2 unspecified atom stereocenters. The molecule has 1 amide bonds. The predicted octanol–water partition coefficient (Wildman–Crippen LogP) is 18.6. The van der Waals surface area contributed by atoms with Crippen molar-refractivity contribution in [3.63, 3.8) is 0 Å². The summed E-state index contributed by atoms with van der Waals surface area (Å²) in [6, 6.07) is -0.628. The molecule has 6 nitrogen and oxygen atoms in total. The Morgan fingerprint density at radius 1 is 0.412 bits per heavy atom. The van der Waals surface area contributed by atoms with E-state index in [0.717, 1.165) is 51.4 Å². The Kier molecular flexibility index (Phi) is 55.6. The number of unbranched alkanes of at least 4 members (excludes halogenated alkanes) is 38. The third-order valence-electron chi connectivity index (χ3n) is 13.6. The normalized spacial score (nSPS) is 12.9. The van der Waals surface area contributed by atoms with E-state index in [-0.39, 0.29) is 18.5 Å². The third kappa shape index (κ3) is 53.2. The number of carbonyl (C=O) groups excluding carboxylic acids is 2. The number of aliphatic hydroxyl groups is 2. The molecule has 3 N–H and O–H groups in total. The minimum Gasteiger partial charge on any atom is -0.466 e. The third-order valence-corrected chi connectivity index (χ3v) is 13.6. The van der Waals surface area contributed by atoms with Crippen molar-refractivity contribution in [2.45, 2.75) is 321 Å². The van der Waals surface area contributed by atoms with Crippen LogP contribution in [0.2, 0.25) is 0 Å². The molecule has 6 heteroatoms. The van der Waals surface area contributed by atoms with Crippen LogP contribution >= 0.6 is 0 Å². The molecule has 0 aliphatic rings. The zero-order valence-electron chi connectivity index (χ0n) is 45.3. The van der Waals surface area contributed by atoms with Crippen LogP contribution in [0.1, 0.15) is 309 Å².